The van der Waals surface area contributed by atoms with E-state index < -0.39 is 23.9 Å². The number of hydrogen-bond donors (Lipinski definition) is 4. The molecule has 0 saturated heterocycles. The number of carbonyl (C=O) groups excluding carboxylic acids is 2. The van der Waals surface area contributed by atoms with Crippen molar-refractivity contribution in [3.05, 3.63) is 65.9 Å². The molecule has 0 aliphatic rings. The molecule has 2 aromatic carbocycles. The predicted octanol–water partition coefficient (Wildman–Crippen LogP) is 2.37. The van der Waals surface area contributed by atoms with Gasteiger partial charge < -0.3 is 21.7 Å². The monoisotopic (exact) mass is 411 g/mol. The number of aromatic hydroxyl groups is 2. The van der Waals surface area contributed by atoms with E-state index in [1.165, 1.54) is 18.3 Å². The molecule has 0 bridgehead atoms. The van der Waals surface area contributed by atoms with E-state index in [0.717, 1.165) is 10.5 Å². The maximum atomic E-state index is 13.0. The van der Waals surface area contributed by atoms with Crippen molar-refractivity contribution in [3.8, 4) is 11.5 Å². The van der Waals surface area contributed by atoms with Crippen LogP contribution in [0.3, 0.4) is 0 Å². The Morgan fingerprint density at radius 2 is 1.60 bits per heavy atom. The fourth-order valence-electron chi connectivity index (χ4n) is 2.98. The quantitative estimate of drug-likeness (QED) is 0.494. The van der Waals surface area contributed by atoms with Crippen molar-refractivity contribution in [1.29, 1.82) is 0 Å². The van der Waals surface area contributed by atoms with E-state index in [4.69, 9.17) is 11.5 Å². The number of nitrogens with two attached hydrogens (primary N) is 2. The van der Waals surface area contributed by atoms with Gasteiger partial charge >= 0.3 is 0 Å². The van der Waals surface area contributed by atoms with Gasteiger partial charge in [-0.05, 0) is 48.1 Å². The number of amides is 2. The van der Waals surface area contributed by atoms with Gasteiger partial charge in [-0.3, -0.25) is 14.5 Å². The Bertz CT molecular complexity index is 897. The van der Waals surface area contributed by atoms with E-state index in [0.29, 0.717) is 12.0 Å². The summed E-state index contributed by atoms with van der Waals surface area (Å²) in [5, 5.41) is 19.1. The third kappa shape index (κ3) is 6.43. The molecule has 0 spiro atoms. The van der Waals surface area contributed by atoms with Crippen molar-refractivity contribution < 1.29 is 19.8 Å². The molecule has 0 fully saturated rings. The third-order valence-electron chi connectivity index (χ3n) is 4.55. The molecule has 0 aliphatic heterocycles. The molecule has 0 aliphatic carbocycles. The fourth-order valence-corrected chi connectivity index (χ4v) is 2.98. The van der Waals surface area contributed by atoms with E-state index in [9.17, 15) is 19.8 Å². The lowest BCUT2D eigenvalue weighted by Crippen LogP contribution is -2.50. The highest BCUT2D eigenvalue weighted by Crippen LogP contribution is 2.25. The number of imide groups is 1. The van der Waals surface area contributed by atoms with Crippen molar-refractivity contribution in [1.82, 2.24) is 4.90 Å². The first-order chi connectivity index (χ1) is 14.2. The van der Waals surface area contributed by atoms with E-state index in [2.05, 4.69) is 0 Å². The van der Waals surface area contributed by atoms with Crippen LogP contribution in [0.15, 0.2) is 54.7 Å². The summed E-state index contributed by atoms with van der Waals surface area (Å²) in [6.45, 7) is 3.89. The summed E-state index contributed by atoms with van der Waals surface area (Å²) in [5.41, 5.74) is 13.5. The van der Waals surface area contributed by atoms with Crippen LogP contribution in [0.2, 0.25) is 0 Å². The normalized spacial score (nSPS) is 13.4. The summed E-state index contributed by atoms with van der Waals surface area (Å²) in [6.07, 6.45) is 3.56. The number of hydrogen-bond acceptors (Lipinski definition) is 6. The zero-order chi connectivity index (χ0) is 22.3. The van der Waals surface area contributed by atoms with Crippen LogP contribution in [0.4, 0.5) is 0 Å². The Morgan fingerprint density at radius 3 is 2.20 bits per heavy atom. The zero-order valence-electron chi connectivity index (χ0n) is 17.2. The number of carbonyl (C=O) groups is 2. The van der Waals surface area contributed by atoms with Gasteiger partial charge in [0.15, 0.2) is 11.5 Å². The average molecular weight is 412 g/mol. The summed E-state index contributed by atoms with van der Waals surface area (Å²) in [4.78, 5) is 26.9. The zero-order valence-corrected chi connectivity index (χ0v) is 17.2. The molecule has 7 heteroatoms. The van der Waals surface area contributed by atoms with Gasteiger partial charge in [0, 0.05) is 6.20 Å². The first kappa shape index (κ1) is 23.1. The van der Waals surface area contributed by atoms with Crippen LogP contribution >= 0.6 is 0 Å². The number of phenols is 2. The largest absolute Gasteiger partial charge is 0.504 e. The third-order valence-corrected chi connectivity index (χ3v) is 4.55. The molecule has 0 unspecified atom stereocenters. The standard InChI is InChI=1S/C23H29N3O4/c1-15(2)12-18(24)22(29)26(11-10-16-6-4-3-5-7-16)23(30)19(25)13-17-8-9-20(27)21(28)14-17/h3-11,14-15,18-19,27-28H,12-13,24-25H2,1-2H3/t18-,19-/m0/s1. The van der Waals surface area contributed by atoms with Crippen LogP contribution in [0, 0.1) is 5.92 Å². The Kier molecular flexibility index (Phi) is 8.15. The van der Waals surface area contributed by atoms with Gasteiger partial charge in [0.1, 0.15) is 0 Å². The van der Waals surface area contributed by atoms with Crippen LogP contribution in [0.1, 0.15) is 31.4 Å². The minimum Gasteiger partial charge on any atom is -0.504 e. The Hall–Kier alpha value is -3.16. The van der Waals surface area contributed by atoms with Gasteiger partial charge in [0.2, 0.25) is 5.91 Å². The van der Waals surface area contributed by atoms with Gasteiger partial charge in [-0.15, -0.1) is 0 Å². The molecule has 7 nitrogen and oxygen atoms in total. The number of phenolic OH excluding ortho intramolecular Hbond substituents is 2. The first-order valence-corrected chi connectivity index (χ1v) is 9.81. The molecule has 0 radical (unpaired) electrons. The Labute approximate surface area is 176 Å². The summed E-state index contributed by atoms with van der Waals surface area (Å²) in [7, 11) is 0. The fraction of sp³-hybridized carbons (Fsp3) is 0.304. The summed E-state index contributed by atoms with van der Waals surface area (Å²) in [5.74, 6) is -1.50. The minimum absolute atomic E-state index is 0.0784. The number of benzene rings is 2. The van der Waals surface area contributed by atoms with Crippen molar-refractivity contribution >= 4 is 17.9 Å². The first-order valence-electron chi connectivity index (χ1n) is 9.81. The lowest BCUT2D eigenvalue weighted by Gasteiger charge is -2.24. The highest BCUT2D eigenvalue weighted by Gasteiger charge is 2.29. The van der Waals surface area contributed by atoms with Crippen molar-refractivity contribution in [3.63, 3.8) is 0 Å². The van der Waals surface area contributed by atoms with Gasteiger partial charge in [-0.25, -0.2) is 0 Å². The highest BCUT2D eigenvalue weighted by atomic mass is 16.3. The van der Waals surface area contributed by atoms with Crippen molar-refractivity contribution in [2.24, 2.45) is 17.4 Å². The summed E-state index contributed by atoms with van der Waals surface area (Å²) in [6, 6.07) is 11.6. The molecule has 0 saturated carbocycles. The number of nitrogens with zero attached hydrogens (tertiary/aromatic N) is 1. The molecule has 6 N–H and O–H groups in total. The molecule has 160 valence electrons. The number of rotatable bonds is 8. The van der Waals surface area contributed by atoms with Gasteiger partial charge in [0.25, 0.3) is 5.91 Å². The van der Waals surface area contributed by atoms with Crippen LogP contribution in [0.5, 0.6) is 11.5 Å². The van der Waals surface area contributed by atoms with E-state index in [1.807, 2.05) is 44.2 Å². The van der Waals surface area contributed by atoms with Crippen LogP contribution in [-0.4, -0.2) is 39.0 Å². The van der Waals surface area contributed by atoms with Crippen molar-refractivity contribution in [2.45, 2.75) is 38.8 Å². The minimum atomic E-state index is -1.04. The van der Waals surface area contributed by atoms with E-state index in [-0.39, 0.29) is 23.8 Å². The molecule has 0 aromatic heterocycles. The molecule has 30 heavy (non-hydrogen) atoms. The molecule has 2 rings (SSSR count). The lowest BCUT2D eigenvalue weighted by atomic mass is 10.0. The summed E-state index contributed by atoms with van der Waals surface area (Å²) < 4.78 is 0. The van der Waals surface area contributed by atoms with E-state index >= 15 is 0 Å². The molecule has 2 aromatic rings. The molecular formula is C23H29N3O4. The van der Waals surface area contributed by atoms with Crippen LogP contribution in [-0.2, 0) is 16.0 Å². The Morgan fingerprint density at radius 1 is 0.967 bits per heavy atom. The van der Waals surface area contributed by atoms with E-state index in [1.54, 1.807) is 12.1 Å². The van der Waals surface area contributed by atoms with Gasteiger partial charge in [-0.1, -0.05) is 50.2 Å². The predicted molar refractivity (Wildman–Crippen MR) is 116 cm³/mol. The molecular weight excluding hydrogens is 382 g/mol. The Balaban J connectivity index is 2.24. The second-order valence-corrected chi connectivity index (χ2v) is 7.64. The highest BCUT2D eigenvalue weighted by molar-refractivity contribution is 6.01. The second kappa shape index (κ2) is 10.6. The summed E-state index contributed by atoms with van der Waals surface area (Å²) >= 11 is 0. The van der Waals surface area contributed by atoms with Gasteiger partial charge in [-0.2, -0.15) is 0 Å². The smallest absolute Gasteiger partial charge is 0.250 e. The van der Waals surface area contributed by atoms with Crippen LogP contribution < -0.4 is 11.5 Å². The molecule has 2 amide bonds. The SMILES string of the molecule is CC(C)C[C@H](N)C(=O)N(C=Cc1ccccc1)C(=O)[C@@H](N)Cc1ccc(O)c(O)c1. The van der Waals surface area contributed by atoms with Gasteiger partial charge in [0.05, 0.1) is 12.1 Å². The topological polar surface area (TPSA) is 130 Å². The average Bonchev–Trinajstić information content (AvgIpc) is 2.70. The molecule has 0 heterocycles. The maximum Gasteiger partial charge on any atom is 0.250 e. The second-order valence-electron chi connectivity index (χ2n) is 7.64. The lowest BCUT2D eigenvalue weighted by molar-refractivity contribution is -0.143. The van der Waals surface area contributed by atoms with Crippen molar-refractivity contribution in [2.75, 3.05) is 0 Å². The maximum absolute atomic E-state index is 13.0. The molecule has 2 atom stereocenters. The van der Waals surface area contributed by atoms with Crippen LogP contribution in [0.25, 0.3) is 6.08 Å².